The Labute approximate surface area is 123 Å². The molecule has 1 aliphatic carbocycles. The van der Waals surface area contributed by atoms with Crippen molar-refractivity contribution < 1.29 is 14.0 Å². The van der Waals surface area contributed by atoms with Gasteiger partial charge in [0.2, 0.25) is 11.8 Å². The van der Waals surface area contributed by atoms with E-state index in [4.69, 9.17) is 0 Å². The van der Waals surface area contributed by atoms with Gasteiger partial charge in [0.1, 0.15) is 17.9 Å². The van der Waals surface area contributed by atoms with Gasteiger partial charge in [0, 0.05) is 6.54 Å². The molecule has 2 aliphatic rings. The molecule has 2 unspecified atom stereocenters. The minimum atomic E-state index is -0.433. The SMILES string of the molecule is CCC1C(=O)NC(C2CC2)C(=O)N1Cc1ccc(F)cc1. The highest BCUT2D eigenvalue weighted by Gasteiger charge is 2.46. The van der Waals surface area contributed by atoms with E-state index in [2.05, 4.69) is 5.32 Å². The average Bonchev–Trinajstić information content (AvgIpc) is 3.29. The summed E-state index contributed by atoms with van der Waals surface area (Å²) in [6.07, 6.45) is 2.58. The van der Waals surface area contributed by atoms with E-state index in [0.717, 1.165) is 18.4 Å². The first-order chi connectivity index (χ1) is 10.1. The Kier molecular flexibility index (Phi) is 3.66. The maximum Gasteiger partial charge on any atom is 0.246 e. The van der Waals surface area contributed by atoms with Crippen LogP contribution in [-0.2, 0) is 16.1 Å². The number of amides is 2. The first-order valence-corrected chi connectivity index (χ1v) is 7.45. The van der Waals surface area contributed by atoms with Crippen molar-refractivity contribution in [2.45, 2.75) is 44.8 Å². The van der Waals surface area contributed by atoms with E-state index < -0.39 is 6.04 Å². The van der Waals surface area contributed by atoms with Crippen molar-refractivity contribution in [3.63, 3.8) is 0 Å². The topological polar surface area (TPSA) is 49.4 Å². The van der Waals surface area contributed by atoms with Gasteiger partial charge in [-0.15, -0.1) is 0 Å². The fraction of sp³-hybridized carbons (Fsp3) is 0.500. The molecule has 0 aromatic heterocycles. The van der Waals surface area contributed by atoms with E-state index in [1.165, 1.54) is 12.1 Å². The van der Waals surface area contributed by atoms with Crippen molar-refractivity contribution in [1.82, 2.24) is 10.2 Å². The molecule has 1 aromatic carbocycles. The number of halogens is 1. The molecule has 1 saturated carbocycles. The molecule has 1 aromatic rings. The van der Waals surface area contributed by atoms with Gasteiger partial charge in [-0.2, -0.15) is 0 Å². The quantitative estimate of drug-likeness (QED) is 0.920. The van der Waals surface area contributed by atoms with Crippen molar-refractivity contribution in [2.75, 3.05) is 0 Å². The van der Waals surface area contributed by atoms with Crippen LogP contribution in [-0.4, -0.2) is 28.8 Å². The van der Waals surface area contributed by atoms with Crippen molar-refractivity contribution >= 4 is 11.8 Å². The zero-order valence-electron chi connectivity index (χ0n) is 12.0. The average molecular weight is 290 g/mol. The highest BCUT2D eigenvalue weighted by molar-refractivity contribution is 5.97. The first-order valence-electron chi connectivity index (χ1n) is 7.45. The number of piperazine rings is 1. The van der Waals surface area contributed by atoms with E-state index in [0.29, 0.717) is 13.0 Å². The smallest absolute Gasteiger partial charge is 0.246 e. The van der Waals surface area contributed by atoms with Gasteiger partial charge in [0.15, 0.2) is 0 Å². The molecule has 2 atom stereocenters. The van der Waals surface area contributed by atoms with Gasteiger partial charge < -0.3 is 10.2 Å². The molecule has 1 aliphatic heterocycles. The Hall–Kier alpha value is -1.91. The summed E-state index contributed by atoms with van der Waals surface area (Å²) in [4.78, 5) is 26.5. The van der Waals surface area contributed by atoms with Crippen LogP contribution in [0.4, 0.5) is 4.39 Å². The molecular weight excluding hydrogens is 271 g/mol. The van der Waals surface area contributed by atoms with E-state index in [1.54, 1.807) is 17.0 Å². The summed E-state index contributed by atoms with van der Waals surface area (Å²) in [5.74, 6) is -0.0938. The Morgan fingerprint density at radius 2 is 1.90 bits per heavy atom. The van der Waals surface area contributed by atoms with Crippen molar-refractivity contribution in [3.05, 3.63) is 35.6 Å². The summed E-state index contributed by atoms with van der Waals surface area (Å²) in [5.41, 5.74) is 0.840. The lowest BCUT2D eigenvalue weighted by atomic mass is 10.0. The molecule has 0 spiro atoms. The zero-order chi connectivity index (χ0) is 15.0. The van der Waals surface area contributed by atoms with Crippen LogP contribution in [0, 0.1) is 11.7 Å². The van der Waals surface area contributed by atoms with Crippen LogP contribution in [0.2, 0.25) is 0 Å². The molecule has 21 heavy (non-hydrogen) atoms. The number of nitrogens with zero attached hydrogens (tertiary/aromatic N) is 1. The summed E-state index contributed by atoms with van der Waals surface area (Å²) >= 11 is 0. The fourth-order valence-corrected chi connectivity index (χ4v) is 2.91. The van der Waals surface area contributed by atoms with Gasteiger partial charge in [-0.25, -0.2) is 4.39 Å². The van der Waals surface area contributed by atoms with Crippen LogP contribution in [0.15, 0.2) is 24.3 Å². The number of hydrogen-bond acceptors (Lipinski definition) is 2. The van der Waals surface area contributed by atoms with Crippen LogP contribution in [0.5, 0.6) is 0 Å². The van der Waals surface area contributed by atoms with Gasteiger partial charge in [-0.05, 0) is 42.9 Å². The number of carbonyl (C=O) groups is 2. The molecule has 4 nitrogen and oxygen atoms in total. The standard InChI is InChI=1S/C16H19FN2O2/c1-2-13-15(20)18-14(11-5-6-11)16(21)19(13)9-10-3-7-12(17)8-4-10/h3-4,7-8,11,13-14H,2,5-6,9H2,1H3,(H,18,20). The molecule has 0 bridgehead atoms. The van der Waals surface area contributed by atoms with Crippen LogP contribution in [0.3, 0.4) is 0 Å². The molecule has 1 heterocycles. The monoisotopic (exact) mass is 290 g/mol. The summed E-state index contributed by atoms with van der Waals surface area (Å²) < 4.78 is 13.0. The van der Waals surface area contributed by atoms with Gasteiger partial charge >= 0.3 is 0 Å². The van der Waals surface area contributed by atoms with E-state index in [-0.39, 0.29) is 29.6 Å². The minimum absolute atomic E-state index is 0.00623. The summed E-state index contributed by atoms with van der Waals surface area (Å²) in [6, 6.07) is 5.27. The van der Waals surface area contributed by atoms with E-state index in [1.807, 2.05) is 6.92 Å². The largest absolute Gasteiger partial charge is 0.342 e. The third kappa shape index (κ3) is 2.77. The van der Waals surface area contributed by atoms with Gasteiger partial charge in [0.05, 0.1) is 0 Å². The Bertz CT molecular complexity index is 554. The fourth-order valence-electron chi connectivity index (χ4n) is 2.91. The number of benzene rings is 1. The van der Waals surface area contributed by atoms with Crippen LogP contribution in [0.1, 0.15) is 31.7 Å². The predicted molar refractivity (Wildman–Crippen MR) is 75.7 cm³/mol. The van der Waals surface area contributed by atoms with Crippen molar-refractivity contribution in [3.8, 4) is 0 Å². The highest BCUT2D eigenvalue weighted by Crippen LogP contribution is 2.35. The zero-order valence-corrected chi connectivity index (χ0v) is 12.0. The Morgan fingerprint density at radius 1 is 1.24 bits per heavy atom. The van der Waals surface area contributed by atoms with Crippen LogP contribution < -0.4 is 5.32 Å². The second-order valence-electron chi connectivity index (χ2n) is 5.84. The normalized spacial score (nSPS) is 25.9. The molecule has 2 fully saturated rings. The van der Waals surface area contributed by atoms with Gasteiger partial charge in [-0.1, -0.05) is 19.1 Å². The molecule has 0 radical (unpaired) electrons. The highest BCUT2D eigenvalue weighted by atomic mass is 19.1. The maximum absolute atomic E-state index is 13.0. The third-order valence-corrected chi connectivity index (χ3v) is 4.27. The van der Waals surface area contributed by atoms with E-state index in [9.17, 15) is 14.0 Å². The molecule has 112 valence electrons. The predicted octanol–water partition coefficient (Wildman–Crippen LogP) is 1.84. The number of rotatable bonds is 4. The van der Waals surface area contributed by atoms with Crippen LogP contribution in [0.25, 0.3) is 0 Å². The molecule has 1 saturated heterocycles. The van der Waals surface area contributed by atoms with E-state index >= 15 is 0 Å². The van der Waals surface area contributed by atoms with Gasteiger partial charge in [-0.3, -0.25) is 9.59 Å². The second-order valence-corrected chi connectivity index (χ2v) is 5.84. The van der Waals surface area contributed by atoms with Crippen molar-refractivity contribution in [2.24, 2.45) is 5.92 Å². The number of nitrogens with one attached hydrogen (secondary N) is 1. The van der Waals surface area contributed by atoms with Crippen LogP contribution >= 0.6 is 0 Å². The van der Waals surface area contributed by atoms with Gasteiger partial charge in [0.25, 0.3) is 0 Å². The number of carbonyl (C=O) groups excluding carboxylic acids is 2. The number of hydrogen-bond donors (Lipinski definition) is 1. The summed E-state index contributed by atoms with van der Waals surface area (Å²) in [5, 5.41) is 2.86. The second kappa shape index (κ2) is 5.47. The first kappa shape index (κ1) is 14.0. The lowest BCUT2D eigenvalue weighted by molar-refractivity contribution is -0.150. The lowest BCUT2D eigenvalue weighted by Gasteiger charge is -2.39. The van der Waals surface area contributed by atoms with Crippen molar-refractivity contribution in [1.29, 1.82) is 0 Å². The summed E-state index contributed by atoms with van der Waals surface area (Å²) in [6.45, 7) is 2.25. The molecular formula is C16H19FN2O2. The molecule has 2 amide bonds. The Morgan fingerprint density at radius 3 is 2.48 bits per heavy atom. The lowest BCUT2D eigenvalue weighted by Crippen LogP contribution is -2.63. The molecule has 3 rings (SSSR count). The third-order valence-electron chi connectivity index (χ3n) is 4.27. The maximum atomic E-state index is 13.0. The Balaban J connectivity index is 1.82. The summed E-state index contributed by atoms with van der Waals surface area (Å²) in [7, 11) is 0. The molecule has 5 heteroatoms. The minimum Gasteiger partial charge on any atom is -0.342 e. The molecule has 1 N–H and O–H groups in total.